The fraction of sp³-hybridized carbons (Fsp3) is 0.438. The van der Waals surface area contributed by atoms with Gasteiger partial charge in [0, 0.05) is 30.1 Å². The Bertz CT molecular complexity index is 522. The molecule has 0 saturated heterocycles. The van der Waals surface area contributed by atoms with Gasteiger partial charge >= 0.3 is 0 Å². The van der Waals surface area contributed by atoms with Gasteiger partial charge in [-0.2, -0.15) is 0 Å². The predicted molar refractivity (Wildman–Crippen MR) is 88.2 cm³/mol. The SMILES string of the molecule is CCCCN(CC)c1nc(-c2ccccc2)c(CN)s1. The van der Waals surface area contributed by atoms with Crippen LogP contribution in [0.4, 0.5) is 5.13 Å². The molecule has 0 aliphatic heterocycles. The number of aromatic nitrogens is 1. The first-order valence-electron chi connectivity index (χ1n) is 7.30. The Kier molecular flexibility index (Phi) is 5.56. The highest BCUT2D eigenvalue weighted by Crippen LogP contribution is 2.32. The summed E-state index contributed by atoms with van der Waals surface area (Å²) < 4.78 is 0. The van der Waals surface area contributed by atoms with Gasteiger partial charge in [0.15, 0.2) is 5.13 Å². The molecule has 20 heavy (non-hydrogen) atoms. The van der Waals surface area contributed by atoms with Crippen LogP contribution in [0.25, 0.3) is 11.3 Å². The molecule has 0 unspecified atom stereocenters. The molecule has 0 radical (unpaired) electrons. The van der Waals surface area contributed by atoms with Crippen molar-refractivity contribution >= 4 is 16.5 Å². The van der Waals surface area contributed by atoms with Crippen molar-refractivity contribution < 1.29 is 0 Å². The Balaban J connectivity index is 2.30. The highest BCUT2D eigenvalue weighted by atomic mass is 32.1. The molecule has 108 valence electrons. The van der Waals surface area contributed by atoms with Crippen molar-refractivity contribution in [2.24, 2.45) is 5.73 Å². The van der Waals surface area contributed by atoms with Gasteiger partial charge in [0.1, 0.15) is 0 Å². The van der Waals surface area contributed by atoms with Crippen LogP contribution in [0.15, 0.2) is 30.3 Å². The summed E-state index contributed by atoms with van der Waals surface area (Å²) in [6.07, 6.45) is 2.41. The third kappa shape index (κ3) is 3.38. The van der Waals surface area contributed by atoms with Crippen LogP contribution in [0.1, 0.15) is 31.6 Å². The summed E-state index contributed by atoms with van der Waals surface area (Å²) in [6.45, 7) is 7.01. The van der Waals surface area contributed by atoms with Crippen molar-refractivity contribution in [3.8, 4) is 11.3 Å². The monoisotopic (exact) mass is 289 g/mol. The molecule has 0 atom stereocenters. The van der Waals surface area contributed by atoms with E-state index in [2.05, 4.69) is 30.9 Å². The van der Waals surface area contributed by atoms with Crippen molar-refractivity contribution in [3.05, 3.63) is 35.2 Å². The van der Waals surface area contributed by atoms with Gasteiger partial charge < -0.3 is 10.6 Å². The molecule has 1 aromatic carbocycles. The summed E-state index contributed by atoms with van der Waals surface area (Å²) in [4.78, 5) is 8.35. The second kappa shape index (κ2) is 7.41. The lowest BCUT2D eigenvalue weighted by Gasteiger charge is -2.19. The van der Waals surface area contributed by atoms with E-state index in [0.717, 1.165) is 29.5 Å². The molecule has 0 bridgehead atoms. The highest BCUT2D eigenvalue weighted by Gasteiger charge is 2.15. The molecular formula is C16H23N3S. The lowest BCUT2D eigenvalue weighted by atomic mass is 10.1. The maximum absolute atomic E-state index is 5.89. The quantitative estimate of drug-likeness (QED) is 0.840. The molecule has 2 N–H and O–H groups in total. The van der Waals surface area contributed by atoms with Gasteiger partial charge in [-0.25, -0.2) is 4.98 Å². The van der Waals surface area contributed by atoms with E-state index in [9.17, 15) is 0 Å². The first-order chi connectivity index (χ1) is 9.80. The number of anilines is 1. The number of benzene rings is 1. The number of nitrogens with zero attached hydrogens (tertiary/aromatic N) is 2. The van der Waals surface area contributed by atoms with Crippen LogP contribution in [-0.4, -0.2) is 18.1 Å². The standard InChI is InChI=1S/C16H23N3S/c1-3-5-11-19(4-2)16-18-15(14(12-17)20-16)13-9-7-6-8-10-13/h6-10H,3-5,11-12,17H2,1-2H3. The number of hydrogen-bond acceptors (Lipinski definition) is 4. The smallest absolute Gasteiger partial charge is 0.186 e. The van der Waals surface area contributed by atoms with Crippen molar-refractivity contribution in [1.82, 2.24) is 4.98 Å². The molecule has 2 rings (SSSR count). The molecule has 0 amide bonds. The molecule has 1 heterocycles. The van der Waals surface area contributed by atoms with Crippen LogP contribution in [0.2, 0.25) is 0 Å². The molecular weight excluding hydrogens is 266 g/mol. The molecule has 0 aliphatic rings. The van der Waals surface area contributed by atoms with Gasteiger partial charge in [0.05, 0.1) is 5.69 Å². The predicted octanol–water partition coefficient (Wildman–Crippen LogP) is 3.90. The van der Waals surface area contributed by atoms with Gasteiger partial charge in [-0.1, -0.05) is 55.0 Å². The van der Waals surface area contributed by atoms with E-state index in [4.69, 9.17) is 10.7 Å². The highest BCUT2D eigenvalue weighted by molar-refractivity contribution is 7.16. The molecule has 4 heteroatoms. The summed E-state index contributed by atoms with van der Waals surface area (Å²) >= 11 is 1.73. The summed E-state index contributed by atoms with van der Waals surface area (Å²) in [5.74, 6) is 0. The van der Waals surface area contributed by atoms with Crippen LogP contribution >= 0.6 is 11.3 Å². The molecule has 0 aliphatic carbocycles. The van der Waals surface area contributed by atoms with E-state index in [1.54, 1.807) is 11.3 Å². The van der Waals surface area contributed by atoms with Crippen molar-refractivity contribution in [3.63, 3.8) is 0 Å². The zero-order valence-corrected chi connectivity index (χ0v) is 13.1. The lowest BCUT2D eigenvalue weighted by Crippen LogP contribution is -2.23. The van der Waals surface area contributed by atoms with E-state index in [1.165, 1.54) is 17.7 Å². The summed E-state index contributed by atoms with van der Waals surface area (Å²) in [5.41, 5.74) is 8.09. The average Bonchev–Trinajstić information content (AvgIpc) is 2.93. The molecule has 0 fully saturated rings. The normalized spacial score (nSPS) is 10.8. The number of rotatable bonds is 7. The maximum Gasteiger partial charge on any atom is 0.186 e. The molecule has 0 spiro atoms. The molecule has 0 saturated carbocycles. The van der Waals surface area contributed by atoms with Crippen LogP contribution in [0.3, 0.4) is 0 Å². The molecule has 2 aromatic rings. The second-order valence-corrected chi connectivity index (χ2v) is 5.83. The average molecular weight is 289 g/mol. The number of thiazole rings is 1. The third-order valence-corrected chi connectivity index (χ3v) is 4.49. The minimum atomic E-state index is 0.549. The van der Waals surface area contributed by atoms with E-state index in [1.807, 2.05) is 18.2 Å². The van der Waals surface area contributed by atoms with Crippen molar-refractivity contribution in [2.45, 2.75) is 33.2 Å². The van der Waals surface area contributed by atoms with E-state index in [-0.39, 0.29) is 0 Å². The summed E-state index contributed by atoms with van der Waals surface area (Å²) in [7, 11) is 0. The van der Waals surface area contributed by atoms with Gasteiger partial charge in [0.25, 0.3) is 0 Å². The Morgan fingerprint density at radius 3 is 2.55 bits per heavy atom. The minimum absolute atomic E-state index is 0.549. The van der Waals surface area contributed by atoms with Gasteiger partial charge in [-0.3, -0.25) is 0 Å². The Hall–Kier alpha value is -1.39. The van der Waals surface area contributed by atoms with Gasteiger partial charge in [-0.15, -0.1) is 0 Å². The fourth-order valence-electron chi connectivity index (χ4n) is 2.17. The molecule has 1 aromatic heterocycles. The zero-order chi connectivity index (χ0) is 14.4. The Morgan fingerprint density at radius 1 is 1.20 bits per heavy atom. The number of unbranched alkanes of at least 4 members (excludes halogenated alkanes) is 1. The van der Waals surface area contributed by atoms with Crippen LogP contribution in [-0.2, 0) is 6.54 Å². The summed E-state index contributed by atoms with van der Waals surface area (Å²) in [6, 6.07) is 10.3. The van der Waals surface area contributed by atoms with E-state index in [0.29, 0.717) is 6.54 Å². The van der Waals surface area contributed by atoms with Crippen LogP contribution in [0.5, 0.6) is 0 Å². The zero-order valence-electron chi connectivity index (χ0n) is 12.3. The van der Waals surface area contributed by atoms with E-state index < -0.39 is 0 Å². The van der Waals surface area contributed by atoms with Crippen LogP contribution in [0, 0.1) is 0 Å². The Labute approximate surface area is 125 Å². The van der Waals surface area contributed by atoms with Crippen molar-refractivity contribution in [1.29, 1.82) is 0 Å². The van der Waals surface area contributed by atoms with Crippen LogP contribution < -0.4 is 10.6 Å². The van der Waals surface area contributed by atoms with E-state index >= 15 is 0 Å². The molecule has 3 nitrogen and oxygen atoms in total. The largest absolute Gasteiger partial charge is 0.348 e. The van der Waals surface area contributed by atoms with Gasteiger partial charge in [-0.05, 0) is 13.3 Å². The minimum Gasteiger partial charge on any atom is -0.348 e. The first kappa shape index (κ1) is 15.0. The maximum atomic E-state index is 5.89. The van der Waals surface area contributed by atoms with Crippen molar-refractivity contribution in [2.75, 3.05) is 18.0 Å². The van der Waals surface area contributed by atoms with Gasteiger partial charge in [0.2, 0.25) is 0 Å². The summed E-state index contributed by atoms with van der Waals surface area (Å²) in [5, 5.41) is 1.10. The lowest BCUT2D eigenvalue weighted by molar-refractivity contribution is 0.730. The topological polar surface area (TPSA) is 42.2 Å². The third-order valence-electron chi connectivity index (χ3n) is 3.35. The Morgan fingerprint density at radius 2 is 1.95 bits per heavy atom. The fourth-order valence-corrected chi connectivity index (χ4v) is 3.22. The first-order valence-corrected chi connectivity index (χ1v) is 8.11. The number of nitrogens with two attached hydrogens (primary N) is 1. The number of hydrogen-bond donors (Lipinski definition) is 1. The second-order valence-electron chi connectivity index (χ2n) is 4.77.